The number of benzene rings is 1. The number of methoxy groups -OCH3 is 1. The van der Waals surface area contributed by atoms with Crippen molar-refractivity contribution >= 4 is 12.0 Å². The Morgan fingerprint density at radius 3 is 2.58 bits per heavy atom. The summed E-state index contributed by atoms with van der Waals surface area (Å²) in [5, 5.41) is 0. The highest BCUT2D eigenvalue weighted by molar-refractivity contribution is 5.86. The van der Waals surface area contributed by atoms with Crippen molar-refractivity contribution in [2.75, 3.05) is 20.7 Å². The predicted octanol–water partition coefficient (Wildman–Crippen LogP) is 3.58. The molecule has 0 radical (unpaired) electrons. The Labute approximate surface area is 143 Å². The topological polar surface area (TPSA) is 29.5 Å². The normalized spacial score (nSPS) is 26.5. The van der Waals surface area contributed by atoms with Gasteiger partial charge in [-0.1, -0.05) is 47.6 Å². The summed E-state index contributed by atoms with van der Waals surface area (Å²) in [5.74, 6) is 0.486. The number of carbonyl (C=O) groups is 1. The van der Waals surface area contributed by atoms with E-state index in [4.69, 9.17) is 0 Å². The summed E-state index contributed by atoms with van der Waals surface area (Å²) in [7, 11) is 3.60. The largest absolute Gasteiger partial charge is 0.466 e. The zero-order valence-corrected chi connectivity index (χ0v) is 14.3. The van der Waals surface area contributed by atoms with E-state index in [0.717, 1.165) is 31.0 Å². The summed E-state index contributed by atoms with van der Waals surface area (Å²) >= 11 is 0. The monoisotopic (exact) mass is 321 g/mol. The smallest absolute Gasteiger partial charge is 0.330 e. The SMILES string of the molecule is COC(=O)/C=C/c1ccc(CN(C)CC23CC4C2=CCC=C43)cc1. The van der Waals surface area contributed by atoms with Crippen LogP contribution in [0.25, 0.3) is 6.08 Å². The molecule has 24 heavy (non-hydrogen) atoms. The molecule has 0 heterocycles. The summed E-state index contributed by atoms with van der Waals surface area (Å²) in [4.78, 5) is 13.6. The van der Waals surface area contributed by atoms with Gasteiger partial charge in [-0.25, -0.2) is 4.79 Å². The maximum atomic E-state index is 11.1. The molecule has 0 saturated heterocycles. The number of hydrogen-bond donors (Lipinski definition) is 0. The van der Waals surface area contributed by atoms with E-state index in [9.17, 15) is 4.79 Å². The van der Waals surface area contributed by atoms with Crippen LogP contribution in [0.5, 0.6) is 0 Å². The first kappa shape index (κ1) is 15.4. The Bertz CT molecular complexity index is 735. The highest BCUT2D eigenvalue weighted by atomic mass is 16.5. The molecular weight excluding hydrogens is 298 g/mol. The van der Waals surface area contributed by atoms with Gasteiger partial charge in [-0.3, -0.25) is 0 Å². The van der Waals surface area contributed by atoms with Crippen LogP contribution in [-0.4, -0.2) is 31.6 Å². The molecule has 0 amide bonds. The van der Waals surface area contributed by atoms with E-state index >= 15 is 0 Å². The first-order chi connectivity index (χ1) is 11.6. The maximum Gasteiger partial charge on any atom is 0.330 e. The lowest BCUT2D eigenvalue weighted by Gasteiger charge is -2.69. The summed E-state index contributed by atoms with van der Waals surface area (Å²) < 4.78 is 4.60. The molecule has 0 N–H and O–H groups in total. The standard InChI is InChI=1S/C21H23NO2/c1-22(14-21-12-17-18(21)4-3-5-19(17)21)13-16-8-6-15(7-9-16)10-11-20(23)24-2/h4-11,17H,3,12-14H2,1-2H3/b11-10+. The van der Waals surface area contributed by atoms with E-state index in [0.29, 0.717) is 5.41 Å². The summed E-state index contributed by atoms with van der Waals surface area (Å²) in [6, 6.07) is 8.36. The molecule has 0 spiro atoms. The minimum Gasteiger partial charge on any atom is -0.466 e. The zero-order chi connectivity index (χ0) is 16.7. The Balaban J connectivity index is 1.35. The van der Waals surface area contributed by atoms with Crippen molar-refractivity contribution < 1.29 is 9.53 Å². The molecule has 1 aromatic carbocycles. The van der Waals surface area contributed by atoms with Gasteiger partial charge in [-0.15, -0.1) is 0 Å². The molecule has 4 aliphatic rings. The molecule has 3 heteroatoms. The second-order valence-electron chi connectivity index (χ2n) is 7.16. The van der Waals surface area contributed by atoms with Crippen molar-refractivity contribution in [3.05, 3.63) is 64.8 Å². The second kappa shape index (κ2) is 5.75. The third-order valence-corrected chi connectivity index (χ3v) is 5.67. The minimum atomic E-state index is -0.327. The van der Waals surface area contributed by atoms with E-state index in [2.05, 4.69) is 41.0 Å². The molecule has 0 aromatic heterocycles. The number of carbonyl (C=O) groups excluding carboxylic acids is 1. The van der Waals surface area contributed by atoms with Gasteiger partial charge in [-0.2, -0.15) is 0 Å². The second-order valence-corrected chi connectivity index (χ2v) is 7.16. The lowest BCUT2D eigenvalue weighted by molar-refractivity contribution is -0.134. The van der Waals surface area contributed by atoms with Gasteiger partial charge in [0.1, 0.15) is 0 Å². The van der Waals surface area contributed by atoms with E-state index in [1.54, 1.807) is 17.2 Å². The summed E-state index contributed by atoms with van der Waals surface area (Å²) in [6.45, 7) is 2.08. The van der Waals surface area contributed by atoms with Gasteiger partial charge in [0.15, 0.2) is 0 Å². The lowest BCUT2D eigenvalue weighted by atomic mass is 9.36. The van der Waals surface area contributed by atoms with Gasteiger partial charge >= 0.3 is 5.97 Å². The number of allylic oxidation sites excluding steroid dienone is 2. The maximum absolute atomic E-state index is 11.1. The molecule has 0 unspecified atom stereocenters. The Hall–Kier alpha value is -2.13. The van der Waals surface area contributed by atoms with Crippen molar-refractivity contribution in [3.8, 4) is 0 Å². The third kappa shape index (κ3) is 2.35. The van der Waals surface area contributed by atoms with Crippen LogP contribution in [0, 0.1) is 11.3 Å². The molecule has 124 valence electrons. The van der Waals surface area contributed by atoms with E-state index < -0.39 is 0 Å². The number of ether oxygens (including phenoxy) is 1. The number of hydrogen-bond acceptors (Lipinski definition) is 3. The molecule has 0 atom stereocenters. The lowest BCUT2D eigenvalue weighted by Crippen LogP contribution is -2.62. The van der Waals surface area contributed by atoms with Crippen LogP contribution in [0.4, 0.5) is 0 Å². The van der Waals surface area contributed by atoms with E-state index in [1.807, 2.05) is 12.1 Å². The van der Waals surface area contributed by atoms with Crippen LogP contribution in [0.1, 0.15) is 24.0 Å². The summed E-state index contributed by atoms with van der Waals surface area (Å²) in [6.07, 6.45) is 10.6. The Morgan fingerprint density at radius 1 is 1.29 bits per heavy atom. The molecule has 3 saturated carbocycles. The van der Waals surface area contributed by atoms with Crippen molar-refractivity contribution in [1.29, 1.82) is 0 Å². The van der Waals surface area contributed by atoms with Crippen LogP contribution in [0.15, 0.2) is 53.6 Å². The van der Waals surface area contributed by atoms with E-state index in [-0.39, 0.29) is 5.97 Å². The van der Waals surface area contributed by atoms with E-state index in [1.165, 1.54) is 25.2 Å². The molecular formula is C21H23NO2. The molecule has 3 fully saturated rings. The van der Waals surface area contributed by atoms with Crippen molar-refractivity contribution in [2.45, 2.75) is 19.4 Å². The van der Waals surface area contributed by atoms with Gasteiger partial charge in [0.05, 0.1) is 7.11 Å². The Kier molecular flexibility index (Phi) is 3.69. The number of nitrogens with zero attached hydrogens (tertiary/aromatic N) is 1. The molecule has 3 nitrogen and oxygen atoms in total. The van der Waals surface area contributed by atoms with Gasteiger partial charge < -0.3 is 9.64 Å². The highest BCUT2D eigenvalue weighted by Crippen LogP contribution is 2.74. The third-order valence-electron chi connectivity index (χ3n) is 5.67. The molecule has 4 aliphatic carbocycles. The first-order valence-electron chi connectivity index (χ1n) is 8.57. The number of esters is 1. The highest BCUT2D eigenvalue weighted by Gasteiger charge is 2.65. The predicted molar refractivity (Wildman–Crippen MR) is 95.1 cm³/mol. The summed E-state index contributed by atoms with van der Waals surface area (Å²) in [5.41, 5.74) is 6.12. The average molecular weight is 321 g/mol. The molecule has 0 aliphatic heterocycles. The number of rotatable bonds is 6. The van der Waals surface area contributed by atoms with Crippen LogP contribution < -0.4 is 0 Å². The average Bonchev–Trinajstić information content (AvgIpc) is 2.58. The van der Waals surface area contributed by atoms with Gasteiger partial charge in [0, 0.05) is 30.5 Å². The fourth-order valence-electron chi connectivity index (χ4n) is 4.50. The Morgan fingerprint density at radius 2 is 2.00 bits per heavy atom. The zero-order valence-electron chi connectivity index (χ0n) is 14.3. The van der Waals surface area contributed by atoms with Gasteiger partial charge in [0.25, 0.3) is 0 Å². The van der Waals surface area contributed by atoms with Crippen LogP contribution >= 0.6 is 0 Å². The van der Waals surface area contributed by atoms with Crippen molar-refractivity contribution in [1.82, 2.24) is 4.90 Å². The fraction of sp³-hybridized carbons (Fsp3) is 0.381. The van der Waals surface area contributed by atoms with Crippen LogP contribution in [0.3, 0.4) is 0 Å². The van der Waals surface area contributed by atoms with Crippen molar-refractivity contribution in [2.24, 2.45) is 11.3 Å². The first-order valence-corrected chi connectivity index (χ1v) is 8.57. The van der Waals surface area contributed by atoms with Crippen LogP contribution in [-0.2, 0) is 16.1 Å². The van der Waals surface area contributed by atoms with Gasteiger partial charge in [0.2, 0.25) is 0 Å². The minimum absolute atomic E-state index is 0.327. The quantitative estimate of drug-likeness (QED) is 0.456. The van der Waals surface area contributed by atoms with Gasteiger partial charge in [-0.05, 0) is 37.1 Å². The van der Waals surface area contributed by atoms with Crippen LogP contribution in [0.2, 0.25) is 0 Å². The molecule has 5 rings (SSSR count). The fourth-order valence-corrected chi connectivity index (χ4v) is 4.50. The molecule has 1 aromatic rings. The van der Waals surface area contributed by atoms with Crippen molar-refractivity contribution in [3.63, 3.8) is 0 Å². The molecule has 4 bridgehead atoms.